The molecule has 118 valence electrons. The number of carbonyl (C=O) groups is 1. The first-order chi connectivity index (χ1) is 9.75. The van der Waals surface area contributed by atoms with Gasteiger partial charge in [-0.25, -0.2) is 13.6 Å². The fourth-order valence-electron chi connectivity index (χ4n) is 1.81. The Morgan fingerprint density at radius 1 is 1.29 bits per heavy atom. The molecular weight excluding hydrogens is 290 g/mol. The molecule has 0 aromatic heterocycles. The van der Waals surface area contributed by atoms with E-state index in [0.29, 0.717) is 13.0 Å². The maximum atomic E-state index is 11.8. The Bertz CT molecular complexity index is 570. The molecule has 0 heterocycles. The first-order valence-electron chi connectivity index (χ1n) is 6.90. The molecule has 0 aliphatic heterocycles. The van der Waals surface area contributed by atoms with Gasteiger partial charge in [-0.1, -0.05) is 32.4 Å². The molecule has 0 saturated carbocycles. The van der Waals surface area contributed by atoms with Gasteiger partial charge in [0.25, 0.3) is 0 Å². The van der Waals surface area contributed by atoms with Gasteiger partial charge in [-0.15, -0.1) is 0 Å². The van der Waals surface area contributed by atoms with Crippen LogP contribution in [-0.4, -0.2) is 26.9 Å². The summed E-state index contributed by atoms with van der Waals surface area (Å²) >= 11 is 0. The molecule has 0 spiro atoms. The number of nitrogens with two attached hydrogens (primary N) is 2. The van der Waals surface area contributed by atoms with Crippen molar-refractivity contribution in [1.29, 1.82) is 0 Å². The quantitative estimate of drug-likeness (QED) is 0.674. The lowest BCUT2D eigenvalue weighted by Gasteiger charge is -2.17. The van der Waals surface area contributed by atoms with Crippen molar-refractivity contribution >= 4 is 15.9 Å². The highest BCUT2D eigenvalue weighted by molar-refractivity contribution is 7.89. The monoisotopic (exact) mass is 313 g/mol. The minimum Gasteiger partial charge on any atom is -0.354 e. The summed E-state index contributed by atoms with van der Waals surface area (Å²) in [5.41, 5.74) is 6.74. The van der Waals surface area contributed by atoms with Crippen LogP contribution in [-0.2, 0) is 21.2 Å². The summed E-state index contributed by atoms with van der Waals surface area (Å²) in [6.07, 6.45) is 1.45. The van der Waals surface area contributed by atoms with Crippen LogP contribution in [0, 0.1) is 5.92 Å². The Kier molecular flexibility index (Phi) is 6.32. The van der Waals surface area contributed by atoms with Crippen molar-refractivity contribution in [2.45, 2.75) is 37.6 Å². The zero-order chi connectivity index (χ0) is 16.0. The molecule has 1 aromatic rings. The van der Waals surface area contributed by atoms with Crippen LogP contribution in [0.1, 0.15) is 25.8 Å². The van der Waals surface area contributed by atoms with Crippen LogP contribution in [0.2, 0.25) is 0 Å². The van der Waals surface area contributed by atoms with E-state index in [-0.39, 0.29) is 16.7 Å². The van der Waals surface area contributed by atoms with Gasteiger partial charge in [0.15, 0.2) is 0 Å². The number of amides is 1. The van der Waals surface area contributed by atoms with Crippen molar-refractivity contribution < 1.29 is 13.2 Å². The number of rotatable bonds is 7. The van der Waals surface area contributed by atoms with Gasteiger partial charge >= 0.3 is 0 Å². The van der Waals surface area contributed by atoms with Crippen LogP contribution in [0.4, 0.5) is 0 Å². The van der Waals surface area contributed by atoms with Crippen molar-refractivity contribution in [3.8, 4) is 0 Å². The topological polar surface area (TPSA) is 115 Å². The zero-order valence-corrected chi connectivity index (χ0v) is 13.2. The van der Waals surface area contributed by atoms with E-state index in [4.69, 9.17) is 10.9 Å². The third-order valence-electron chi connectivity index (χ3n) is 3.52. The number of benzene rings is 1. The molecule has 0 fully saturated rings. The fraction of sp³-hybridized carbons (Fsp3) is 0.500. The summed E-state index contributed by atoms with van der Waals surface area (Å²) in [4.78, 5) is 11.9. The molecule has 1 rings (SSSR count). The van der Waals surface area contributed by atoms with Crippen LogP contribution in [0.15, 0.2) is 29.2 Å². The molecule has 1 aromatic carbocycles. The second-order valence-corrected chi connectivity index (χ2v) is 6.70. The molecule has 0 saturated heterocycles. The summed E-state index contributed by atoms with van der Waals surface area (Å²) in [6.45, 7) is 4.39. The average Bonchev–Trinajstić information content (AvgIpc) is 2.45. The fourth-order valence-corrected chi connectivity index (χ4v) is 2.32. The van der Waals surface area contributed by atoms with E-state index in [1.165, 1.54) is 12.1 Å². The first-order valence-corrected chi connectivity index (χ1v) is 8.45. The number of hydrogen-bond donors (Lipinski definition) is 3. The minimum atomic E-state index is -3.66. The standard InChI is InChI=1S/C14H23N3O3S/c1-3-10(2)13(15)14(18)17-9-8-11-4-6-12(7-5-11)21(16,19)20/h4-7,10,13H,3,8-9,15H2,1-2H3,(H,17,18)(H2,16,19,20)/t10-,13-/m0/s1. The number of carbonyl (C=O) groups excluding carboxylic acids is 1. The average molecular weight is 313 g/mol. The Labute approximate surface area is 126 Å². The summed E-state index contributed by atoms with van der Waals surface area (Å²) in [7, 11) is -3.66. The van der Waals surface area contributed by atoms with Crippen molar-refractivity contribution in [3.05, 3.63) is 29.8 Å². The van der Waals surface area contributed by atoms with Gasteiger partial charge in [-0.3, -0.25) is 4.79 Å². The van der Waals surface area contributed by atoms with Gasteiger partial charge in [0.05, 0.1) is 10.9 Å². The minimum absolute atomic E-state index is 0.0779. The van der Waals surface area contributed by atoms with E-state index < -0.39 is 16.1 Å². The van der Waals surface area contributed by atoms with E-state index in [2.05, 4.69) is 5.32 Å². The van der Waals surface area contributed by atoms with Crippen LogP contribution in [0.5, 0.6) is 0 Å². The van der Waals surface area contributed by atoms with Crippen LogP contribution >= 0.6 is 0 Å². The largest absolute Gasteiger partial charge is 0.354 e. The lowest BCUT2D eigenvalue weighted by atomic mass is 9.99. The Morgan fingerprint density at radius 2 is 1.86 bits per heavy atom. The van der Waals surface area contributed by atoms with Crippen molar-refractivity contribution in [2.24, 2.45) is 16.8 Å². The Morgan fingerprint density at radius 3 is 2.33 bits per heavy atom. The van der Waals surface area contributed by atoms with E-state index >= 15 is 0 Å². The molecule has 1 amide bonds. The lowest BCUT2D eigenvalue weighted by molar-refractivity contribution is -0.123. The van der Waals surface area contributed by atoms with E-state index in [0.717, 1.165) is 12.0 Å². The molecule has 0 bridgehead atoms. The van der Waals surface area contributed by atoms with E-state index in [1.54, 1.807) is 12.1 Å². The van der Waals surface area contributed by atoms with E-state index in [9.17, 15) is 13.2 Å². The molecule has 0 aliphatic carbocycles. The second kappa shape index (κ2) is 7.53. The Hall–Kier alpha value is -1.44. The molecule has 5 N–H and O–H groups in total. The highest BCUT2D eigenvalue weighted by atomic mass is 32.2. The second-order valence-electron chi connectivity index (χ2n) is 5.14. The Balaban J connectivity index is 2.48. The smallest absolute Gasteiger partial charge is 0.238 e. The predicted molar refractivity (Wildman–Crippen MR) is 82.0 cm³/mol. The SMILES string of the molecule is CC[C@H](C)[C@H](N)C(=O)NCCc1ccc(S(N)(=O)=O)cc1. The predicted octanol–water partition coefficient (Wildman–Crippen LogP) is 0.366. The first kappa shape index (κ1) is 17.6. The highest BCUT2D eigenvalue weighted by Crippen LogP contribution is 2.09. The van der Waals surface area contributed by atoms with E-state index in [1.807, 2.05) is 13.8 Å². The van der Waals surface area contributed by atoms with Crippen LogP contribution in [0.3, 0.4) is 0 Å². The molecule has 2 atom stereocenters. The molecule has 6 nitrogen and oxygen atoms in total. The van der Waals surface area contributed by atoms with Crippen molar-refractivity contribution in [2.75, 3.05) is 6.54 Å². The number of primary sulfonamides is 1. The van der Waals surface area contributed by atoms with Gasteiger partial charge in [0.1, 0.15) is 0 Å². The molecule has 0 aliphatic rings. The van der Waals surface area contributed by atoms with Gasteiger partial charge < -0.3 is 11.1 Å². The number of hydrogen-bond acceptors (Lipinski definition) is 4. The van der Waals surface area contributed by atoms with Gasteiger partial charge in [0.2, 0.25) is 15.9 Å². The van der Waals surface area contributed by atoms with Crippen LogP contribution < -0.4 is 16.2 Å². The third-order valence-corrected chi connectivity index (χ3v) is 4.45. The van der Waals surface area contributed by atoms with Crippen LogP contribution in [0.25, 0.3) is 0 Å². The maximum Gasteiger partial charge on any atom is 0.238 e. The van der Waals surface area contributed by atoms with Crippen molar-refractivity contribution in [3.63, 3.8) is 0 Å². The van der Waals surface area contributed by atoms with Crippen molar-refractivity contribution in [1.82, 2.24) is 5.32 Å². The molecule has 0 radical (unpaired) electrons. The lowest BCUT2D eigenvalue weighted by Crippen LogP contribution is -2.45. The summed E-state index contributed by atoms with van der Waals surface area (Å²) < 4.78 is 22.2. The summed E-state index contributed by atoms with van der Waals surface area (Å²) in [5, 5.41) is 7.81. The molecule has 21 heavy (non-hydrogen) atoms. The number of sulfonamides is 1. The number of nitrogens with one attached hydrogen (secondary N) is 1. The molecule has 7 heteroatoms. The summed E-state index contributed by atoms with van der Waals surface area (Å²) in [6, 6.07) is 5.77. The highest BCUT2D eigenvalue weighted by Gasteiger charge is 2.18. The summed E-state index contributed by atoms with van der Waals surface area (Å²) in [5.74, 6) is -0.0236. The van der Waals surface area contributed by atoms with Gasteiger partial charge in [-0.2, -0.15) is 0 Å². The zero-order valence-electron chi connectivity index (χ0n) is 12.4. The molecule has 0 unspecified atom stereocenters. The van der Waals surface area contributed by atoms with Gasteiger partial charge in [0, 0.05) is 6.54 Å². The molecular formula is C14H23N3O3S. The third kappa shape index (κ3) is 5.45. The van der Waals surface area contributed by atoms with Gasteiger partial charge in [-0.05, 0) is 30.0 Å². The normalized spacial score (nSPS) is 14.5. The maximum absolute atomic E-state index is 11.8.